The third kappa shape index (κ3) is 2.99. The quantitative estimate of drug-likeness (QED) is 0.554. The van der Waals surface area contributed by atoms with Crippen molar-refractivity contribution in [2.24, 2.45) is 0 Å². The van der Waals surface area contributed by atoms with Crippen molar-refractivity contribution in [3.63, 3.8) is 0 Å². The zero-order valence-corrected chi connectivity index (χ0v) is 16.3. The van der Waals surface area contributed by atoms with E-state index in [1.54, 1.807) is 40.0 Å². The Bertz CT molecular complexity index is 1080. The zero-order chi connectivity index (χ0) is 18.1. The van der Waals surface area contributed by atoms with Crippen LogP contribution >= 0.6 is 11.8 Å². The van der Waals surface area contributed by atoms with Crippen LogP contribution in [0.5, 0.6) is 0 Å². The molecule has 3 aromatic rings. The first-order valence-corrected chi connectivity index (χ1v) is 11.5. The number of benzene rings is 2. The molecule has 1 heterocycles. The van der Waals surface area contributed by atoms with Gasteiger partial charge in [-0.3, -0.25) is 0 Å². The Kier molecular flexibility index (Phi) is 4.67. The van der Waals surface area contributed by atoms with E-state index in [1.807, 2.05) is 30.5 Å². The van der Waals surface area contributed by atoms with Crippen LogP contribution in [0.25, 0.3) is 16.5 Å². The third-order valence-corrected chi connectivity index (χ3v) is 7.33. The molecule has 0 saturated heterocycles. The van der Waals surface area contributed by atoms with Crippen LogP contribution in [0.3, 0.4) is 0 Å². The minimum absolute atomic E-state index is 0.323. The van der Waals surface area contributed by atoms with E-state index >= 15 is 0 Å². The van der Waals surface area contributed by atoms with Crippen molar-refractivity contribution in [3.8, 4) is 0 Å². The Balaban J connectivity index is 2.01. The van der Waals surface area contributed by atoms with Gasteiger partial charge in [-0.15, -0.1) is 11.8 Å². The SMILES string of the molecule is CSc1ccc2c(c1)cc(C1=CCCCC1)n2S(=O)(=O)c1ccccc1. The lowest BCUT2D eigenvalue weighted by Crippen LogP contribution is -2.15. The number of aromatic nitrogens is 1. The molecule has 0 fully saturated rings. The average molecular weight is 384 g/mol. The highest BCUT2D eigenvalue weighted by Crippen LogP contribution is 2.35. The van der Waals surface area contributed by atoms with Crippen molar-refractivity contribution in [2.75, 3.05) is 6.26 Å². The van der Waals surface area contributed by atoms with Crippen LogP contribution in [0, 0.1) is 0 Å². The van der Waals surface area contributed by atoms with E-state index in [0.717, 1.165) is 46.3 Å². The van der Waals surface area contributed by atoms with E-state index in [-0.39, 0.29) is 0 Å². The highest BCUT2D eigenvalue weighted by Gasteiger charge is 2.25. The predicted octanol–water partition coefficient (Wildman–Crippen LogP) is 5.56. The summed E-state index contributed by atoms with van der Waals surface area (Å²) in [4.78, 5) is 1.46. The molecular formula is C21H21NO2S2. The maximum absolute atomic E-state index is 13.5. The standard InChI is InChI=1S/C21H21NO2S2/c1-25-18-12-13-20-17(14-18)15-21(16-8-4-2-5-9-16)22(20)26(23,24)19-10-6-3-7-11-19/h3,6-8,10-15H,2,4-5,9H2,1H3. The molecule has 1 aliphatic carbocycles. The molecule has 5 heteroatoms. The monoisotopic (exact) mass is 383 g/mol. The first kappa shape index (κ1) is 17.4. The van der Waals surface area contributed by atoms with Gasteiger partial charge in [0.05, 0.1) is 16.1 Å². The maximum Gasteiger partial charge on any atom is 0.268 e. The van der Waals surface area contributed by atoms with E-state index in [4.69, 9.17) is 0 Å². The van der Waals surface area contributed by atoms with E-state index in [2.05, 4.69) is 12.1 Å². The van der Waals surface area contributed by atoms with Crippen molar-refractivity contribution >= 4 is 38.3 Å². The summed E-state index contributed by atoms with van der Waals surface area (Å²) < 4.78 is 28.5. The molecule has 4 rings (SSSR count). The molecule has 0 radical (unpaired) electrons. The normalized spacial score (nSPS) is 15.2. The summed E-state index contributed by atoms with van der Waals surface area (Å²) in [5.74, 6) is 0. The summed E-state index contributed by atoms with van der Waals surface area (Å²) in [7, 11) is -3.65. The summed E-state index contributed by atoms with van der Waals surface area (Å²) >= 11 is 1.66. The molecule has 0 aliphatic heterocycles. The first-order valence-electron chi connectivity index (χ1n) is 8.81. The fourth-order valence-electron chi connectivity index (χ4n) is 3.55. The van der Waals surface area contributed by atoms with Crippen LogP contribution in [0.15, 0.2) is 70.5 Å². The van der Waals surface area contributed by atoms with Crippen LogP contribution < -0.4 is 0 Å². The van der Waals surface area contributed by atoms with Gasteiger partial charge in [0.25, 0.3) is 10.0 Å². The molecule has 134 valence electrons. The van der Waals surface area contributed by atoms with Crippen molar-refractivity contribution in [1.82, 2.24) is 3.97 Å². The molecule has 0 spiro atoms. The van der Waals surface area contributed by atoms with Gasteiger partial charge in [0.1, 0.15) is 0 Å². The fraction of sp³-hybridized carbons (Fsp3) is 0.238. The number of hydrogen-bond acceptors (Lipinski definition) is 3. The number of allylic oxidation sites excluding steroid dienone is 2. The Labute approximate surface area is 158 Å². The van der Waals surface area contributed by atoms with Crippen LogP contribution in [0.4, 0.5) is 0 Å². The lowest BCUT2D eigenvalue weighted by Gasteiger charge is -2.17. The molecule has 0 saturated carbocycles. The molecule has 1 aliphatic rings. The lowest BCUT2D eigenvalue weighted by atomic mass is 9.97. The molecule has 26 heavy (non-hydrogen) atoms. The summed E-state index contributed by atoms with van der Waals surface area (Å²) in [6, 6.07) is 16.7. The number of thioether (sulfide) groups is 1. The molecule has 0 bridgehead atoms. The highest BCUT2D eigenvalue weighted by molar-refractivity contribution is 7.98. The number of rotatable bonds is 4. The van der Waals surface area contributed by atoms with Crippen LogP contribution in [0.2, 0.25) is 0 Å². The van der Waals surface area contributed by atoms with Crippen molar-refractivity contribution in [3.05, 3.63) is 66.4 Å². The number of fused-ring (bicyclic) bond motifs is 1. The summed E-state index contributed by atoms with van der Waals surface area (Å²) in [6.07, 6.45) is 8.45. The van der Waals surface area contributed by atoms with E-state index in [9.17, 15) is 8.42 Å². The van der Waals surface area contributed by atoms with Crippen LogP contribution in [-0.2, 0) is 10.0 Å². The van der Waals surface area contributed by atoms with Gasteiger partial charge in [-0.05, 0) is 73.9 Å². The van der Waals surface area contributed by atoms with Gasteiger partial charge < -0.3 is 0 Å². The van der Waals surface area contributed by atoms with E-state index < -0.39 is 10.0 Å². The second kappa shape index (κ2) is 6.97. The smallest absolute Gasteiger partial charge is 0.234 e. The van der Waals surface area contributed by atoms with E-state index in [0.29, 0.717) is 4.90 Å². The first-order chi connectivity index (χ1) is 12.6. The van der Waals surface area contributed by atoms with Crippen LogP contribution in [-0.4, -0.2) is 18.6 Å². The fourth-order valence-corrected chi connectivity index (χ4v) is 5.56. The Morgan fingerprint density at radius 3 is 2.50 bits per heavy atom. The minimum atomic E-state index is -3.65. The lowest BCUT2D eigenvalue weighted by molar-refractivity contribution is 0.588. The van der Waals surface area contributed by atoms with Gasteiger partial charge >= 0.3 is 0 Å². The summed E-state index contributed by atoms with van der Waals surface area (Å²) in [5.41, 5.74) is 2.69. The largest absolute Gasteiger partial charge is 0.268 e. The minimum Gasteiger partial charge on any atom is -0.234 e. The van der Waals surface area contributed by atoms with Crippen molar-refractivity contribution < 1.29 is 8.42 Å². The van der Waals surface area contributed by atoms with Crippen LogP contribution in [0.1, 0.15) is 31.4 Å². The summed E-state index contributed by atoms with van der Waals surface area (Å²) in [5, 5.41) is 0.970. The predicted molar refractivity (Wildman–Crippen MR) is 109 cm³/mol. The summed E-state index contributed by atoms with van der Waals surface area (Å²) in [6.45, 7) is 0. The average Bonchev–Trinajstić information content (AvgIpc) is 3.08. The van der Waals surface area contributed by atoms with Gasteiger partial charge in [0, 0.05) is 10.3 Å². The van der Waals surface area contributed by atoms with Gasteiger partial charge in [0.15, 0.2) is 0 Å². The molecular weight excluding hydrogens is 362 g/mol. The second-order valence-electron chi connectivity index (χ2n) is 6.51. The topological polar surface area (TPSA) is 39.1 Å². The number of hydrogen-bond donors (Lipinski definition) is 0. The molecule has 3 nitrogen and oxygen atoms in total. The maximum atomic E-state index is 13.5. The van der Waals surface area contributed by atoms with Gasteiger partial charge in [-0.2, -0.15) is 0 Å². The second-order valence-corrected chi connectivity index (χ2v) is 9.18. The van der Waals surface area contributed by atoms with Gasteiger partial charge in [0.2, 0.25) is 0 Å². The zero-order valence-electron chi connectivity index (χ0n) is 14.7. The van der Waals surface area contributed by atoms with Crippen molar-refractivity contribution in [2.45, 2.75) is 35.5 Å². The van der Waals surface area contributed by atoms with Crippen molar-refractivity contribution in [1.29, 1.82) is 0 Å². The van der Waals surface area contributed by atoms with Gasteiger partial charge in [-0.1, -0.05) is 24.3 Å². The van der Waals surface area contributed by atoms with E-state index in [1.165, 1.54) is 6.42 Å². The number of nitrogens with zero attached hydrogens (tertiary/aromatic N) is 1. The molecule has 0 atom stereocenters. The Morgan fingerprint density at radius 2 is 1.81 bits per heavy atom. The Hall–Kier alpha value is -1.98. The molecule has 0 N–H and O–H groups in total. The molecule has 1 aromatic heterocycles. The van der Waals surface area contributed by atoms with Gasteiger partial charge in [-0.25, -0.2) is 12.4 Å². The molecule has 2 aromatic carbocycles. The highest BCUT2D eigenvalue weighted by atomic mass is 32.2. The third-order valence-electron chi connectivity index (χ3n) is 4.87. The molecule has 0 unspecified atom stereocenters. The molecule has 0 amide bonds. The Morgan fingerprint density at radius 1 is 1.00 bits per heavy atom.